The molecule has 0 aliphatic heterocycles. The summed E-state index contributed by atoms with van der Waals surface area (Å²) in [5.74, 6) is 0.592. The van der Waals surface area contributed by atoms with Crippen molar-refractivity contribution in [1.82, 2.24) is 9.99 Å². The largest absolute Gasteiger partial charge is 0.494 e. The summed E-state index contributed by atoms with van der Waals surface area (Å²) in [7, 11) is 0. The van der Waals surface area contributed by atoms with Crippen molar-refractivity contribution in [2.45, 2.75) is 20.8 Å². The maximum absolute atomic E-state index is 12.2. The third-order valence-electron chi connectivity index (χ3n) is 4.36. The number of halogens is 1. The number of hydrazone groups is 1. The molecule has 0 saturated heterocycles. The third-order valence-corrected chi connectivity index (χ3v) is 5.06. The van der Waals surface area contributed by atoms with Gasteiger partial charge in [0.05, 0.1) is 18.4 Å². The summed E-state index contributed by atoms with van der Waals surface area (Å²) < 4.78 is 8.39. The Bertz CT molecular complexity index is 1010. The van der Waals surface area contributed by atoms with Crippen LogP contribution >= 0.6 is 15.9 Å². The molecule has 5 nitrogen and oxygen atoms in total. The van der Waals surface area contributed by atoms with Crippen LogP contribution in [0, 0.1) is 13.8 Å². The number of ether oxygens (including phenoxy) is 1. The molecule has 0 unspecified atom stereocenters. The maximum Gasteiger partial charge on any atom is 0.272 e. The second kappa shape index (κ2) is 8.89. The maximum atomic E-state index is 12.2. The summed E-state index contributed by atoms with van der Waals surface area (Å²) in [4.78, 5) is 12.2. The van der Waals surface area contributed by atoms with Gasteiger partial charge in [0.25, 0.3) is 5.91 Å². The van der Waals surface area contributed by atoms with E-state index < -0.39 is 0 Å². The second-order valence-electron chi connectivity index (χ2n) is 6.27. The highest BCUT2D eigenvalue weighted by atomic mass is 79.9. The molecular formula is C22H22BrN3O2. The van der Waals surface area contributed by atoms with E-state index >= 15 is 0 Å². The lowest BCUT2D eigenvalue weighted by Crippen LogP contribution is -2.18. The highest BCUT2D eigenvalue weighted by Gasteiger charge is 2.11. The van der Waals surface area contributed by atoms with Crippen LogP contribution in [0.1, 0.15) is 34.2 Å². The first-order valence-electron chi connectivity index (χ1n) is 9.01. The van der Waals surface area contributed by atoms with Crippen molar-refractivity contribution in [3.05, 3.63) is 81.6 Å². The minimum atomic E-state index is -0.260. The van der Waals surface area contributed by atoms with Crippen molar-refractivity contribution in [2.24, 2.45) is 5.10 Å². The highest BCUT2D eigenvalue weighted by Crippen LogP contribution is 2.22. The molecule has 3 rings (SSSR count). The summed E-state index contributed by atoms with van der Waals surface area (Å²) in [6, 6.07) is 17.3. The van der Waals surface area contributed by atoms with Gasteiger partial charge in [0.2, 0.25) is 0 Å². The van der Waals surface area contributed by atoms with Gasteiger partial charge in [0.1, 0.15) is 5.75 Å². The molecule has 6 heteroatoms. The molecule has 0 spiro atoms. The fraction of sp³-hybridized carbons (Fsp3) is 0.182. The second-order valence-corrected chi connectivity index (χ2v) is 7.12. The lowest BCUT2D eigenvalue weighted by atomic mass is 10.2. The summed E-state index contributed by atoms with van der Waals surface area (Å²) in [5, 5.41) is 4.13. The number of hydrogen-bond donors (Lipinski definition) is 1. The van der Waals surface area contributed by atoms with Crippen LogP contribution in [0.5, 0.6) is 5.75 Å². The number of aryl methyl sites for hydroxylation is 1. The van der Waals surface area contributed by atoms with Gasteiger partial charge >= 0.3 is 0 Å². The Hall–Kier alpha value is -2.86. The Morgan fingerprint density at radius 3 is 2.57 bits per heavy atom. The van der Waals surface area contributed by atoms with Crippen molar-refractivity contribution < 1.29 is 9.53 Å². The van der Waals surface area contributed by atoms with Crippen molar-refractivity contribution >= 4 is 28.1 Å². The lowest BCUT2D eigenvalue weighted by Gasteiger charge is -2.11. The lowest BCUT2D eigenvalue weighted by molar-refractivity contribution is 0.0954. The average Bonchev–Trinajstić information content (AvgIpc) is 2.96. The smallest absolute Gasteiger partial charge is 0.272 e. The molecule has 1 amide bonds. The molecule has 1 heterocycles. The quantitative estimate of drug-likeness (QED) is 0.432. The van der Waals surface area contributed by atoms with Crippen LogP contribution in [0.3, 0.4) is 0 Å². The summed E-state index contributed by atoms with van der Waals surface area (Å²) in [5.41, 5.74) is 7.24. The average molecular weight is 440 g/mol. The van der Waals surface area contributed by atoms with E-state index in [9.17, 15) is 4.79 Å². The Balaban J connectivity index is 1.77. The number of nitrogens with zero attached hydrogens (tertiary/aromatic N) is 2. The van der Waals surface area contributed by atoms with Gasteiger partial charge in [0.15, 0.2) is 0 Å². The molecule has 2 aromatic carbocycles. The molecule has 1 aromatic heterocycles. The van der Waals surface area contributed by atoms with Gasteiger partial charge in [-0.3, -0.25) is 4.79 Å². The minimum absolute atomic E-state index is 0.260. The van der Waals surface area contributed by atoms with E-state index in [4.69, 9.17) is 4.74 Å². The van der Waals surface area contributed by atoms with Gasteiger partial charge in [-0.15, -0.1) is 0 Å². The predicted octanol–water partition coefficient (Wildman–Crippen LogP) is 5.02. The Labute approximate surface area is 173 Å². The van der Waals surface area contributed by atoms with E-state index in [0.717, 1.165) is 32.9 Å². The topological polar surface area (TPSA) is 55.6 Å². The van der Waals surface area contributed by atoms with Crippen LogP contribution < -0.4 is 10.2 Å². The van der Waals surface area contributed by atoms with E-state index in [0.29, 0.717) is 12.2 Å². The fourth-order valence-electron chi connectivity index (χ4n) is 3.04. The summed E-state index contributed by atoms with van der Waals surface area (Å²) >= 11 is 3.37. The molecule has 0 aliphatic rings. The van der Waals surface area contributed by atoms with E-state index in [-0.39, 0.29) is 5.91 Å². The van der Waals surface area contributed by atoms with E-state index in [1.165, 1.54) is 0 Å². The Morgan fingerprint density at radius 2 is 1.89 bits per heavy atom. The van der Waals surface area contributed by atoms with Gasteiger partial charge in [-0.25, -0.2) is 5.43 Å². The first kappa shape index (κ1) is 19.9. The van der Waals surface area contributed by atoms with Crippen LogP contribution in [0.2, 0.25) is 0 Å². The van der Waals surface area contributed by atoms with Crippen LogP contribution in [-0.2, 0) is 0 Å². The molecule has 0 atom stereocenters. The number of aromatic nitrogens is 1. The molecule has 3 aromatic rings. The number of hydrogen-bond acceptors (Lipinski definition) is 3. The number of rotatable bonds is 6. The Kier molecular flexibility index (Phi) is 6.31. The molecule has 28 heavy (non-hydrogen) atoms. The van der Waals surface area contributed by atoms with Crippen LogP contribution in [0.4, 0.5) is 0 Å². The van der Waals surface area contributed by atoms with Gasteiger partial charge in [-0.1, -0.05) is 12.1 Å². The third kappa shape index (κ3) is 4.34. The van der Waals surface area contributed by atoms with Gasteiger partial charge in [-0.2, -0.15) is 5.10 Å². The molecule has 0 bridgehead atoms. The first-order valence-corrected chi connectivity index (χ1v) is 9.80. The number of amides is 1. The standard InChI is InChI=1S/C22H22BrN3O2/c1-4-28-19-11-9-18(10-12-19)26-15(2)13-17(16(26)3)14-24-25-22(27)20-7-5-6-8-21(20)23/h5-14H,4H2,1-3H3,(H,25,27)/b24-14-. The van der Waals surface area contributed by atoms with E-state index in [1.54, 1.807) is 12.3 Å². The highest BCUT2D eigenvalue weighted by molar-refractivity contribution is 9.10. The van der Waals surface area contributed by atoms with Crippen LogP contribution in [0.15, 0.2) is 64.2 Å². The van der Waals surface area contributed by atoms with Crippen molar-refractivity contribution in [1.29, 1.82) is 0 Å². The zero-order valence-corrected chi connectivity index (χ0v) is 17.7. The number of nitrogens with one attached hydrogen (secondary N) is 1. The van der Waals surface area contributed by atoms with Gasteiger partial charge in [-0.05, 0) is 79.2 Å². The van der Waals surface area contributed by atoms with Crippen LogP contribution in [-0.4, -0.2) is 23.3 Å². The minimum Gasteiger partial charge on any atom is -0.494 e. The monoisotopic (exact) mass is 439 g/mol. The fourth-order valence-corrected chi connectivity index (χ4v) is 3.50. The number of carbonyl (C=O) groups excluding carboxylic acids is 1. The summed E-state index contributed by atoms with van der Waals surface area (Å²) in [6.45, 7) is 6.68. The van der Waals surface area contributed by atoms with E-state index in [2.05, 4.69) is 31.0 Å². The molecule has 0 aliphatic carbocycles. The predicted molar refractivity (Wildman–Crippen MR) is 116 cm³/mol. The molecular weight excluding hydrogens is 418 g/mol. The molecule has 0 fully saturated rings. The normalized spacial score (nSPS) is 11.0. The van der Waals surface area contributed by atoms with E-state index in [1.807, 2.05) is 69.3 Å². The van der Waals surface area contributed by atoms with Gasteiger partial charge < -0.3 is 9.30 Å². The van der Waals surface area contributed by atoms with Crippen LogP contribution in [0.25, 0.3) is 5.69 Å². The zero-order chi connectivity index (χ0) is 20.1. The van der Waals surface area contributed by atoms with Crippen molar-refractivity contribution in [3.8, 4) is 11.4 Å². The first-order chi connectivity index (χ1) is 13.5. The SMILES string of the molecule is CCOc1ccc(-n2c(C)cc(/C=N\NC(=O)c3ccccc3Br)c2C)cc1. The molecule has 0 radical (unpaired) electrons. The summed E-state index contributed by atoms with van der Waals surface area (Å²) in [6.07, 6.45) is 1.67. The number of benzene rings is 2. The molecule has 0 saturated carbocycles. The van der Waals surface area contributed by atoms with Crippen molar-refractivity contribution in [3.63, 3.8) is 0 Å². The van der Waals surface area contributed by atoms with Crippen molar-refractivity contribution in [2.75, 3.05) is 6.61 Å². The Morgan fingerprint density at radius 1 is 1.18 bits per heavy atom. The molecule has 144 valence electrons. The zero-order valence-electron chi connectivity index (χ0n) is 16.1. The van der Waals surface area contributed by atoms with Gasteiger partial charge in [0, 0.05) is 27.1 Å². The number of carbonyl (C=O) groups is 1. The molecule has 1 N–H and O–H groups in total.